The molecule has 2 amide bonds. The van der Waals surface area contributed by atoms with Crippen LogP contribution in [-0.2, 0) is 16.0 Å². The predicted octanol–water partition coefficient (Wildman–Crippen LogP) is 2.76. The van der Waals surface area contributed by atoms with Gasteiger partial charge in [0.25, 0.3) is 5.91 Å². The highest BCUT2D eigenvalue weighted by molar-refractivity contribution is 6.45. The quantitative estimate of drug-likeness (QED) is 0.854. The molecule has 2 aromatic rings. The van der Waals surface area contributed by atoms with Crippen molar-refractivity contribution in [1.82, 2.24) is 0 Å². The minimum atomic E-state index is -0.103. The second-order valence-electron chi connectivity index (χ2n) is 5.92. The first-order chi connectivity index (χ1) is 11.7. The van der Waals surface area contributed by atoms with Gasteiger partial charge in [-0.15, -0.1) is 0 Å². The predicted molar refractivity (Wildman–Crippen MR) is 93.1 cm³/mol. The molecule has 5 heteroatoms. The molecule has 0 saturated carbocycles. The summed E-state index contributed by atoms with van der Waals surface area (Å²) < 4.78 is 0. The van der Waals surface area contributed by atoms with Crippen LogP contribution in [-0.4, -0.2) is 24.1 Å². The maximum Gasteiger partial charge on any atom is 0.274 e. The summed E-state index contributed by atoms with van der Waals surface area (Å²) in [6, 6.07) is 17.2. The van der Waals surface area contributed by atoms with E-state index in [0.717, 1.165) is 12.1 Å². The van der Waals surface area contributed by atoms with Gasteiger partial charge in [-0.25, -0.2) is 5.01 Å². The molecule has 2 heterocycles. The van der Waals surface area contributed by atoms with Gasteiger partial charge in [0.2, 0.25) is 5.91 Å². The maximum absolute atomic E-state index is 12.9. The van der Waals surface area contributed by atoms with Crippen LogP contribution in [0.3, 0.4) is 0 Å². The van der Waals surface area contributed by atoms with E-state index in [1.54, 1.807) is 4.90 Å². The minimum Gasteiger partial charge on any atom is -0.307 e. The highest BCUT2D eigenvalue weighted by Crippen LogP contribution is 2.29. The van der Waals surface area contributed by atoms with Crippen molar-refractivity contribution in [1.29, 1.82) is 0 Å². The third kappa shape index (κ3) is 2.48. The number of para-hydroxylation sites is 2. The number of nitrogens with zero attached hydrogens (tertiary/aromatic N) is 3. The largest absolute Gasteiger partial charge is 0.307 e. The molecule has 2 aromatic carbocycles. The number of benzene rings is 2. The van der Waals surface area contributed by atoms with E-state index in [2.05, 4.69) is 5.10 Å². The van der Waals surface area contributed by atoms with Gasteiger partial charge in [-0.2, -0.15) is 5.10 Å². The zero-order valence-corrected chi connectivity index (χ0v) is 13.2. The fraction of sp³-hybridized carbons (Fsp3) is 0.211. The molecule has 0 unspecified atom stereocenters. The molecule has 0 saturated heterocycles. The second-order valence-corrected chi connectivity index (χ2v) is 5.92. The van der Waals surface area contributed by atoms with Gasteiger partial charge >= 0.3 is 0 Å². The van der Waals surface area contributed by atoms with Crippen molar-refractivity contribution in [3.8, 4) is 0 Å². The number of fused-ring (bicyclic) bond motifs is 1. The van der Waals surface area contributed by atoms with Gasteiger partial charge in [-0.3, -0.25) is 9.59 Å². The van der Waals surface area contributed by atoms with E-state index in [-0.39, 0.29) is 11.8 Å². The van der Waals surface area contributed by atoms with E-state index < -0.39 is 0 Å². The van der Waals surface area contributed by atoms with Crippen molar-refractivity contribution in [2.75, 3.05) is 16.5 Å². The Kier molecular flexibility index (Phi) is 3.61. The van der Waals surface area contributed by atoms with Gasteiger partial charge in [0.1, 0.15) is 5.71 Å². The molecular formula is C19H17N3O2. The zero-order chi connectivity index (χ0) is 16.5. The number of carbonyl (C=O) groups is 2. The van der Waals surface area contributed by atoms with Crippen LogP contribution in [0.2, 0.25) is 0 Å². The molecule has 2 aliphatic rings. The van der Waals surface area contributed by atoms with Crippen LogP contribution in [0.15, 0.2) is 59.7 Å². The Morgan fingerprint density at radius 1 is 0.917 bits per heavy atom. The first kappa shape index (κ1) is 14.6. The van der Waals surface area contributed by atoms with E-state index in [0.29, 0.717) is 30.8 Å². The first-order valence-corrected chi connectivity index (χ1v) is 8.09. The molecule has 2 aliphatic heterocycles. The van der Waals surface area contributed by atoms with Gasteiger partial charge in [-0.05, 0) is 30.2 Å². The lowest BCUT2D eigenvalue weighted by Crippen LogP contribution is -2.41. The monoisotopic (exact) mass is 319 g/mol. The Labute approximate surface area is 140 Å². The standard InChI is InChI=1S/C19H17N3O2/c23-18-11-10-16(20-22(18)15-7-2-1-3-8-15)19(24)21-13-12-14-6-4-5-9-17(14)21/h1-9H,10-13H2. The summed E-state index contributed by atoms with van der Waals surface area (Å²) in [5.74, 6) is -0.187. The minimum absolute atomic E-state index is 0.0837. The molecule has 0 aliphatic carbocycles. The molecule has 0 bridgehead atoms. The molecule has 24 heavy (non-hydrogen) atoms. The Balaban J connectivity index is 1.64. The normalized spacial score (nSPS) is 16.8. The molecule has 0 spiro atoms. The number of hydrazone groups is 1. The second kappa shape index (κ2) is 5.92. The van der Waals surface area contributed by atoms with Gasteiger partial charge in [-0.1, -0.05) is 36.4 Å². The number of anilines is 2. The number of hydrogen-bond acceptors (Lipinski definition) is 3. The van der Waals surface area contributed by atoms with Gasteiger partial charge in [0.15, 0.2) is 0 Å². The fourth-order valence-electron chi connectivity index (χ4n) is 3.18. The zero-order valence-electron chi connectivity index (χ0n) is 13.2. The summed E-state index contributed by atoms with van der Waals surface area (Å²) in [7, 11) is 0. The topological polar surface area (TPSA) is 53.0 Å². The molecule has 4 rings (SSSR count). The van der Waals surface area contributed by atoms with Gasteiger partial charge in [0.05, 0.1) is 5.69 Å². The number of hydrogen-bond donors (Lipinski definition) is 0. The average molecular weight is 319 g/mol. The smallest absolute Gasteiger partial charge is 0.274 e. The van der Waals surface area contributed by atoms with Gasteiger partial charge in [0, 0.05) is 25.1 Å². The summed E-state index contributed by atoms with van der Waals surface area (Å²) >= 11 is 0. The van der Waals surface area contributed by atoms with E-state index in [4.69, 9.17) is 0 Å². The van der Waals surface area contributed by atoms with Crippen LogP contribution in [0.1, 0.15) is 18.4 Å². The van der Waals surface area contributed by atoms with Crippen LogP contribution >= 0.6 is 0 Å². The maximum atomic E-state index is 12.9. The Morgan fingerprint density at radius 3 is 2.50 bits per heavy atom. The van der Waals surface area contributed by atoms with E-state index in [1.807, 2.05) is 54.6 Å². The summed E-state index contributed by atoms with van der Waals surface area (Å²) in [4.78, 5) is 26.9. The van der Waals surface area contributed by atoms with Crippen molar-refractivity contribution in [3.63, 3.8) is 0 Å². The lowest BCUT2D eigenvalue weighted by Gasteiger charge is -2.25. The number of carbonyl (C=O) groups excluding carboxylic acids is 2. The Morgan fingerprint density at radius 2 is 1.67 bits per heavy atom. The van der Waals surface area contributed by atoms with E-state index >= 15 is 0 Å². The molecule has 0 aromatic heterocycles. The van der Waals surface area contributed by atoms with Crippen molar-refractivity contribution < 1.29 is 9.59 Å². The van der Waals surface area contributed by atoms with Crippen LogP contribution in [0.25, 0.3) is 0 Å². The molecule has 0 atom stereocenters. The van der Waals surface area contributed by atoms with Crippen molar-refractivity contribution in [2.45, 2.75) is 19.3 Å². The third-order valence-corrected chi connectivity index (χ3v) is 4.41. The van der Waals surface area contributed by atoms with E-state index in [9.17, 15) is 9.59 Å². The first-order valence-electron chi connectivity index (χ1n) is 8.09. The number of rotatable bonds is 2. The number of amides is 2. The lowest BCUT2D eigenvalue weighted by atomic mass is 10.1. The van der Waals surface area contributed by atoms with Crippen molar-refractivity contribution in [2.24, 2.45) is 5.10 Å². The van der Waals surface area contributed by atoms with Crippen LogP contribution in [0, 0.1) is 0 Å². The highest BCUT2D eigenvalue weighted by Gasteiger charge is 2.31. The van der Waals surface area contributed by atoms with Crippen LogP contribution < -0.4 is 9.91 Å². The Hall–Kier alpha value is -2.95. The molecule has 0 radical (unpaired) electrons. The molecule has 0 N–H and O–H groups in total. The third-order valence-electron chi connectivity index (χ3n) is 4.41. The highest BCUT2D eigenvalue weighted by atomic mass is 16.2. The summed E-state index contributed by atoms with van der Waals surface area (Å²) in [5.41, 5.74) is 3.26. The average Bonchev–Trinajstić information content (AvgIpc) is 3.06. The fourth-order valence-corrected chi connectivity index (χ4v) is 3.18. The van der Waals surface area contributed by atoms with Crippen molar-refractivity contribution >= 4 is 28.9 Å². The van der Waals surface area contributed by atoms with E-state index in [1.165, 1.54) is 10.6 Å². The van der Waals surface area contributed by atoms with Crippen molar-refractivity contribution in [3.05, 3.63) is 60.2 Å². The lowest BCUT2D eigenvalue weighted by molar-refractivity contribution is -0.118. The molecule has 0 fully saturated rings. The van der Waals surface area contributed by atoms with Crippen LogP contribution in [0.5, 0.6) is 0 Å². The summed E-state index contributed by atoms with van der Waals surface area (Å²) in [5, 5.41) is 5.71. The van der Waals surface area contributed by atoms with Crippen LogP contribution in [0.4, 0.5) is 11.4 Å². The molecule has 120 valence electrons. The Bertz CT molecular complexity index is 830. The SMILES string of the molecule is O=C(C1=NN(c2ccccc2)C(=O)CC1)N1CCc2ccccc21. The molecular weight excluding hydrogens is 302 g/mol. The van der Waals surface area contributed by atoms with Gasteiger partial charge < -0.3 is 4.90 Å². The summed E-state index contributed by atoms with van der Waals surface area (Å²) in [6.45, 7) is 0.663. The summed E-state index contributed by atoms with van der Waals surface area (Å²) in [6.07, 6.45) is 1.55. The molecule has 5 nitrogen and oxygen atoms in total.